The number of carboxylic acid groups (broad SMARTS) is 2. The van der Waals surface area contributed by atoms with E-state index in [9.17, 15) is 9.59 Å². The van der Waals surface area contributed by atoms with Crippen molar-refractivity contribution in [1.82, 2.24) is 0 Å². The first-order valence-electron chi connectivity index (χ1n) is 6.64. The molecule has 0 saturated heterocycles. The lowest BCUT2D eigenvalue weighted by molar-refractivity contribution is -0.138. The van der Waals surface area contributed by atoms with Crippen molar-refractivity contribution in [3.63, 3.8) is 0 Å². The van der Waals surface area contributed by atoms with Gasteiger partial charge in [-0.05, 0) is 25.7 Å². The average Bonchev–Trinajstić information content (AvgIpc) is 2.29. The van der Waals surface area contributed by atoms with Crippen LogP contribution in [0.5, 0.6) is 0 Å². The summed E-state index contributed by atoms with van der Waals surface area (Å²) in [5.74, 6) is -1.47. The van der Waals surface area contributed by atoms with Gasteiger partial charge in [0.05, 0.1) is 0 Å². The van der Waals surface area contributed by atoms with Crippen LogP contribution in [-0.4, -0.2) is 35.4 Å². The summed E-state index contributed by atoms with van der Waals surface area (Å²) in [5.41, 5.74) is 0. The summed E-state index contributed by atoms with van der Waals surface area (Å²) in [5, 5.41) is 16.9. The van der Waals surface area contributed by atoms with Crippen molar-refractivity contribution >= 4 is 11.9 Å². The summed E-state index contributed by atoms with van der Waals surface area (Å²) >= 11 is 0. The van der Waals surface area contributed by atoms with Gasteiger partial charge >= 0.3 is 11.9 Å². The lowest BCUT2D eigenvalue weighted by Crippen LogP contribution is -1.99. The molecule has 5 heteroatoms. The largest absolute Gasteiger partial charge is 0.481 e. The third-order valence-corrected chi connectivity index (χ3v) is 2.61. The second-order valence-electron chi connectivity index (χ2n) is 4.37. The molecule has 0 saturated carbocycles. The highest BCUT2D eigenvalue weighted by Crippen LogP contribution is 2.04. The van der Waals surface area contributed by atoms with Crippen molar-refractivity contribution in [2.45, 2.75) is 57.8 Å². The van der Waals surface area contributed by atoms with E-state index in [2.05, 4.69) is 0 Å². The SMILES string of the molecule is O=C(O)CCCCCCOCCCCCC(=O)O. The van der Waals surface area contributed by atoms with Gasteiger partial charge in [0.1, 0.15) is 0 Å². The normalized spacial score (nSPS) is 10.4. The van der Waals surface area contributed by atoms with Crippen LogP contribution >= 0.6 is 0 Å². The molecule has 0 aromatic heterocycles. The van der Waals surface area contributed by atoms with E-state index in [1.54, 1.807) is 0 Å². The zero-order valence-corrected chi connectivity index (χ0v) is 10.9. The maximum absolute atomic E-state index is 10.2. The highest BCUT2D eigenvalue weighted by molar-refractivity contribution is 5.66. The Morgan fingerprint density at radius 3 is 1.50 bits per heavy atom. The van der Waals surface area contributed by atoms with Crippen molar-refractivity contribution < 1.29 is 24.5 Å². The molecular weight excluding hydrogens is 236 g/mol. The molecule has 0 heterocycles. The van der Waals surface area contributed by atoms with Gasteiger partial charge in [-0.25, -0.2) is 0 Å². The lowest BCUT2D eigenvalue weighted by atomic mass is 10.1. The first kappa shape index (κ1) is 16.9. The molecule has 5 nitrogen and oxygen atoms in total. The first-order chi connectivity index (χ1) is 8.63. The van der Waals surface area contributed by atoms with Gasteiger partial charge in [-0.1, -0.05) is 19.3 Å². The Balaban J connectivity index is 2.99. The number of ether oxygens (including phenoxy) is 1. The Hall–Kier alpha value is -1.10. The molecule has 0 aliphatic heterocycles. The zero-order chi connectivity index (χ0) is 13.6. The van der Waals surface area contributed by atoms with Crippen molar-refractivity contribution in [2.75, 3.05) is 13.2 Å². The Bertz CT molecular complexity index is 203. The minimum Gasteiger partial charge on any atom is -0.481 e. The van der Waals surface area contributed by atoms with E-state index in [0.29, 0.717) is 19.6 Å². The molecule has 0 radical (unpaired) electrons. The molecule has 18 heavy (non-hydrogen) atoms. The standard InChI is InChI=1S/C13H24O5/c14-12(15)8-4-1-2-6-10-18-11-7-3-5-9-13(16)17/h1-11H2,(H,14,15)(H,16,17). The van der Waals surface area contributed by atoms with Gasteiger partial charge in [0.2, 0.25) is 0 Å². The van der Waals surface area contributed by atoms with Crippen LogP contribution in [0.25, 0.3) is 0 Å². The van der Waals surface area contributed by atoms with E-state index in [1.165, 1.54) is 0 Å². The summed E-state index contributed by atoms with van der Waals surface area (Å²) in [6, 6.07) is 0. The highest BCUT2D eigenvalue weighted by Gasteiger charge is 1.97. The fraction of sp³-hybridized carbons (Fsp3) is 0.846. The summed E-state index contributed by atoms with van der Waals surface area (Å²) in [7, 11) is 0. The Morgan fingerprint density at radius 1 is 0.667 bits per heavy atom. The van der Waals surface area contributed by atoms with Gasteiger partial charge in [-0.2, -0.15) is 0 Å². The first-order valence-corrected chi connectivity index (χ1v) is 6.64. The molecule has 0 fully saturated rings. The number of hydrogen-bond acceptors (Lipinski definition) is 3. The van der Waals surface area contributed by atoms with Crippen molar-refractivity contribution in [1.29, 1.82) is 0 Å². The van der Waals surface area contributed by atoms with Crippen molar-refractivity contribution in [2.24, 2.45) is 0 Å². The summed E-state index contributed by atoms with van der Waals surface area (Å²) in [4.78, 5) is 20.5. The van der Waals surface area contributed by atoms with Crippen molar-refractivity contribution in [3.8, 4) is 0 Å². The van der Waals surface area contributed by atoms with Crippen molar-refractivity contribution in [3.05, 3.63) is 0 Å². The predicted octanol–water partition coefficient (Wildman–Crippen LogP) is 2.68. The lowest BCUT2D eigenvalue weighted by Gasteiger charge is -2.03. The average molecular weight is 260 g/mol. The number of carboxylic acids is 2. The smallest absolute Gasteiger partial charge is 0.303 e. The van der Waals surface area contributed by atoms with E-state index in [4.69, 9.17) is 14.9 Å². The van der Waals surface area contributed by atoms with Crippen LogP contribution in [0.3, 0.4) is 0 Å². The minimum absolute atomic E-state index is 0.240. The summed E-state index contributed by atoms with van der Waals surface area (Å²) in [6.07, 6.45) is 6.67. The maximum Gasteiger partial charge on any atom is 0.303 e. The van der Waals surface area contributed by atoms with Crippen LogP contribution in [0.4, 0.5) is 0 Å². The molecule has 0 spiro atoms. The molecule has 2 N–H and O–H groups in total. The van der Waals surface area contributed by atoms with Crippen LogP contribution in [-0.2, 0) is 14.3 Å². The Morgan fingerprint density at radius 2 is 1.06 bits per heavy atom. The van der Waals surface area contributed by atoms with Gasteiger partial charge in [0.25, 0.3) is 0 Å². The Labute approximate surface area is 108 Å². The van der Waals surface area contributed by atoms with Gasteiger partial charge < -0.3 is 14.9 Å². The predicted molar refractivity (Wildman–Crippen MR) is 67.6 cm³/mol. The molecule has 0 amide bonds. The van der Waals surface area contributed by atoms with Gasteiger partial charge in [-0.15, -0.1) is 0 Å². The zero-order valence-electron chi connectivity index (χ0n) is 10.9. The summed E-state index contributed by atoms with van der Waals surface area (Å²) < 4.78 is 5.40. The molecule has 106 valence electrons. The minimum atomic E-state index is -0.739. The molecule has 0 bridgehead atoms. The molecule has 0 atom stereocenters. The van der Waals surface area contributed by atoms with Crippen LogP contribution in [0.15, 0.2) is 0 Å². The molecule has 0 aliphatic carbocycles. The second-order valence-corrected chi connectivity index (χ2v) is 4.37. The molecule has 0 aromatic carbocycles. The van der Waals surface area contributed by atoms with E-state index >= 15 is 0 Å². The molecule has 0 aromatic rings. The van der Waals surface area contributed by atoms with Gasteiger partial charge in [0.15, 0.2) is 0 Å². The summed E-state index contributed by atoms with van der Waals surface area (Å²) in [6.45, 7) is 1.40. The fourth-order valence-electron chi connectivity index (χ4n) is 1.59. The quantitative estimate of drug-likeness (QED) is 0.497. The molecular formula is C13H24O5. The number of hydrogen-bond donors (Lipinski definition) is 2. The van der Waals surface area contributed by atoms with E-state index < -0.39 is 11.9 Å². The number of aliphatic carboxylic acids is 2. The third kappa shape index (κ3) is 14.9. The number of carbonyl (C=O) groups is 2. The molecule has 0 unspecified atom stereocenters. The number of unbranched alkanes of at least 4 members (excludes halogenated alkanes) is 5. The van der Waals surface area contributed by atoms with Crippen LogP contribution in [0.1, 0.15) is 57.8 Å². The topological polar surface area (TPSA) is 83.8 Å². The van der Waals surface area contributed by atoms with Crippen LogP contribution in [0, 0.1) is 0 Å². The van der Waals surface area contributed by atoms with Gasteiger partial charge in [0, 0.05) is 26.1 Å². The van der Waals surface area contributed by atoms with E-state index in [-0.39, 0.29) is 12.8 Å². The molecule has 0 rings (SSSR count). The van der Waals surface area contributed by atoms with Crippen LogP contribution in [0.2, 0.25) is 0 Å². The second kappa shape index (κ2) is 12.4. The third-order valence-electron chi connectivity index (χ3n) is 2.61. The monoisotopic (exact) mass is 260 g/mol. The molecule has 0 aliphatic rings. The van der Waals surface area contributed by atoms with E-state index in [1.807, 2.05) is 0 Å². The Kier molecular flexibility index (Phi) is 11.6. The van der Waals surface area contributed by atoms with Crippen LogP contribution < -0.4 is 0 Å². The van der Waals surface area contributed by atoms with Gasteiger partial charge in [-0.3, -0.25) is 9.59 Å². The fourth-order valence-corrected chi connectivity index (χ4v) is 1.59. The van der Waals surface area contributed by atoms with E-state index in [0.717, 1.165) is 38.5 Å². The number of rotatable bonds is 13. The highest BCUT2D eigenvalue weighted by atomic mass is 16.5. The maximum atomic E-state index is 10.2.